The van der Waals surface area contributed by atoms with E-state index in [0.717, 1.165) is 5.56 Å². The molecule has 0 saturated heterocycles. The van der Waals surface area contributed by atoms with Gasteiger partial charge in [0, 0.05) is 10.9 Å². The van der Waals surface area contributed by atoms with Gasteiger partial charge in [-0.1, -0.05) is 0 Å². The fourth-order valence-corrected chi connectivity index (χ4v) is 2.92. The number of halogens is 1. The number of benzene rings is 2. The van der Waals surface area contributed by atoms with Gasteiger partial charge in [-0.3, -0.25) is 0 Å². The molecule has 1 heterocycles. The van der Waals surface area contributed by atoms with Crippen LogP contribution >= 0.6 is 0 Å². The van der Waals surface area contributed by atoms with Gasteiger partial charge in [-0.25, -0.2) is 9.18 Å². The van der Waals surface area contributed by atoms with Crippen molar-refractivity contribution in [2.75, 3.05) is 6.61 Å². The van der Waals surface area contributed by atoms with E-state index < -0.39 is 12.1 Å². The van der Waals surface area contributed by atoms with Crippen molar-refractivity contribution in [3.05, 3.63) is 58.9 Å². The highest BCUT2D eigenvalue weighted by molar-refractivity contribution is 6.09. The van der Waals surface area contributed by atoms with Crippen LogP contribution in [-0.2, 0) is 4.74 Å². The number of esters is 1. The summed E-state index contributed by atoms with van der Waals surface area (Å²) in [6.45, 7) is 5.48. The molecule has 1 N–H and O–H groups in total. The summed E-state index contributed by atoms with van der Waals surface area (Å²) in [5.74, 6) is -0.554. The predicted molar refractivity (Wildman–Crippen MR) is 92.9 cm³/mol. The first-order valence-electron chi connectivity index (χ1n) is 8.10. The van der Waals surface area contributed by atoms with Crippen molar-refractivity contribution in [2.24, 2.45) is 0 Å². The van der Waals surface area contributed by atoms with Crippen molar-refractivity contribution >= 4 is 16.9 Å². The lowest BCUT2D eigenvalue weighted by Gasteiger charge is -2.09. The maximum Gasteiger partial charge on any atom is 0.342 e. The van der Waals surface area contributed by atoms with Crippen molar-refractivity contribution in [2.45, 2.75) is 26.9 Å². The van der Waals surface area contributed by atoms with Gasteiger partial charge in [-0.2, -0.15) is 0 Å². The number of aliphatic hydroxyl groups is 1. The lowest BCUT2D eigenvalue weighted by molar-refractivity contribution is 0.0528. The fraction of sp³-hybridized carbons (Fsp3) is 0.250. The molecule has 5 heteroatoms. The number of carbonyl (C=O) groups excluding carboxylic acids is 1. The molecule has 1 unspecified atom stereocenters. The standard InChI is InChI=1S/C20H19FO4/c1-4-24-20(23)18-16-10-15(12(3)22)11(2)9-17(16)25-19(18)13-5-7-14(21)8-6-13/h5-10,12,22H,4H2,1-3H3. The zero-order chi connectivity index (χ0) is 18.1. The number of fused-ring (bicyclic) bond motifs is 1. The molecule has 1 atom stereocenters. The molecule has 2 aromatic carbocycles. The van der Waals surface area contributed by atoms with E-state index in [1.54, 1.807) is 38.1 Å². The van der Waals surface area contributed by atoms with Crippen molar-refractivity contribution in [1.29, 1.82) is 0 Å². The smallest absolute Gasteiger partial charge is 0.342 e. The van der Waals surface area contributed by atoms with E-state index >= 15 is 0 Å². The minimum absolute atomic E-state index is 0.226. The molecule has 3 rings (SSSR count). The van der Waals surface area contributed by atoms with Crippen molar-refractivity contribution in [3.8, 4) is 11.3 Å². The van der Waals surface area contributed by atoms with E-state index in [9.17, 15) is 14.3 Å². The van der Waals surface area contributed by atoms with Gasteiger partial charge in [0.1, 0.15) is 22.7 Å². The lowest BCUT2D eigenvalue weighted by Crippen LogP contribution is -2.05. The Morgan fingerprint density at radius 2 is 1.96 bits per heavy atom. The Bertz CT molecular complexity index is 923. The molecule has 130 valence electrons. The average molecular weight is 342 g/mol. The lowest BCUT2D eigenvalue weighted by atomic mass is 9.99. The number of hydrogen-bond donors (Lipinski definition) is 1. The number of furan rings is 1. The van der Waals surface area contributed by atoms with Gasteiger partial charge in [0.25, 0.3) is 0 Å². The highest BCUT2D eigenvalue weighted by atomic mass is 19.1. The first-order chi connectivity index (χ1) is 11.9. The van der Waals surface area contributed by atoms with Crippen LogP contribution in [-0.4, -0.2) is 17.7 Å². The molecule has 0 aliphatic carbocycles. The second-order valence-corrected chi connectivity index (χ2v) is 5.91. The van der Waals surface area contributed by atoms with E-state index in [0.29, 0.717) is 27.9 Å². The fourth-order valence-electron chi connectivity index (χ4n) is 2.92. The van der Waals surface area contributed by atoms with Crippen LogP contribution in [0.5, 0.6) is 0 Å². The van der Waals surface area contributed by atoms with Crippen LogP contribution in [0, 0.1) is 12.7 Å². The van der Waals surface area contributed by atoms with Crippen LogP contribution in [0.1, 0.15) is 41.4 Å². The van der Waals surface area contributed by atoms with E-state index in [1.807, 2.05) is 6.92 Å². The topological polar surface area (TPSA) is 59.7 Å². The molecular weight excluding hydrogens is 323 g/mol. The number of ether oxygens (including phenoxy) is 1. The number of aryl methyl sites for hydroxylation is 1. The summed E-state index contributed by atoms with van der Waals surface area (Å²) in [7, 11) is 0. The molecule has 0 aliphatic heterocycles. The van der Waals surface area contributed by atoms with Gasteiger partial charge in [0.15, 0.2) is 0 Å². The van der Waals surface area contributed by atoms with E-state index in [1.165, 1.54) is 12.1 Å². The summed E-state index contributed by atoms with van der Waals surface area (Å²) >= 11 is 0. The summed E-state index contributed by atoms with van der Waals surface area (Å²) in [6.07, 6.45) is -0.677. The van der Waals surface area contributed by atoms with E-state index in [4.69, 9.17) is 9.15 Å². The molecule has 0 spiro atoms. The predicted octanol–water partition coefficient (Wildman–Crippen LogP) is 4.78. The van der Waals surface area contributed by atoms with Crippen LogP contribution in [0.25, 0.3) is 22.3 Å². The van der Waals surface area contributed by atoms with Gasteiger partial charge >= 0.3 is 5.97 Å². The quantitative estimate of drug-likeness (QED) is 0.693. The third-order valence-electron chi connectivity index (χ3n) is 4.11. The zero-order valence-electron chi connectivity index (χ0n) is 14.3. The number of rotatable bonds is 4. The molecule has 0 bridgehead atoms. The van der Waals surface area contributed by atoms with Crippen LogP contribution in [0.3, 0.4) is 0 Å². The zero-order valence-corrected chi connectivity index (χ0v) is 14.3. The molecule has 0 saturated carbocycles. The van der Waals surface area contributed by atoms with Crippen LogP contribution in [0.4, 0.5) is 4.39 Å². The molecular formula is C20H19FO4. The normalized spacial score (nSPS) is 12.4. The maximum atomic E-state index is 13.2. The molecule has 3 aromatic rings. The molecule has 0 amide bonds. The largest absolute Gasteiger partial charge is 0.462 e. The second kappa shape index (κ2) is 6.69. The maximum absolute atomic E-state index is 13.2. The van der Waals surface area contributed by atoms with Gasteiger partial charge < -0.3 is 14.3 Å². The summed E-state index contributed by atoms with van der Waals surface area (Å²) in [5.41, 5.74) is 2.95. The Hall–Kier alpha value is -2.66. The molecule has 25 heavy (non-hydrogen) atoms. The first-order valence-corrected chi connectivity index (χ1v) is 8.10. The Morgan fingerprint density at radius 3 is 2.56 bits per heavy atom. The van der Waals surface area contributed by atoms with Gasteiger partial charge in [-0.05, 0) is 68.3 Å². The van der Waals surface area contributed by atoms with Crippen LogP contribution in [0.15, 0.2) is 40.8 Å². The minimum Gasteiger partial charge on any atom is -0.462 e. The average Bonchev–Trinajstić information content (AvgIpc) is 2.93. The number of carbonyl (C=O) groups is 1. The summed E-state index contributed by atoms with van der Waals surface area (Å²) in [4.78, 5) is 12.5. The molecule has 0 fully saturated rings. The summed E-state index contributed by atoms with van der Waals surface area (Å²) in [6, 6.07) is 9.26. The minimum atomic E-state index is -0.677. The summed E-state index contributed by atoms with van der Waals surface area (Å²) < 4.78 is 24.3. The van der Waals surface area contributed by atoms with Crippen molar-refractivity contribution in [3.63, 3.8) is 0 Å². The van der Waals surface area contributed by atoms with Crippen molar-refractivity contribution < 1.29 is 23.4 Å². The molecule has 1 aromatic heterocycles. The van der Waals surface area contributed by atoms with Crippen molar-refractivity contribution in [1.82, 2.24) is 0 Å². The summed E-state index contributed by atoms with van der Waals surface area (Å²) in [5, 5.41) is 10.5. The molecule has 0 aliphatic rings. The van der Waals surface area contributed by atoms with Crippen LogP contribution in [0.2, 0.25) is 0 Å². The third-order valence-corrected chi connectivity index (χ3v) is 4.11. The van der Waals surface area contributed by atoms with E-state index in [-0.39, 0.29) is 18.0 Å². The van der Waals surface area contributed by atoms with Gasteiger partial charge in [0.05, 0.1) is 12.7 Å². The SMILES string of the molecule is CCOC(=O)c1c(-c2ccc(F)cc2)oc2cc(C)c(C(C)O)cc12. The first kappa shape index (κ1) is 17.2. The number of aliphatic hydroxyl groups excluding tert-OH is 1. The van der Waals surface area contributed by atoms with Gasteiger partial charge in [-0.15, -0.1) is 0 Å². The highest BCUT2D eigenvalue weighted by Crippen LogP contribution is 2.36. The Morgan fingerprint density at radius 1 is 1.28 bits per heavy atom. The number of hydrogen-bond acceptors (Lipinski definition) is 4. The third kappa shape index (κ3) is 3.15. The Labute approximate surface area is 144 Å². The second-order valence-electron chi connectivity index (χ2n) is 5.91. The highest BCUT2D eigenvalue weighted by Gasteiger charge is 2.24. The Kier molecular flexibility index (Phi) is 4.59. The van der Waals surface area contributed by atoms with Gasteiger partial charge in [0.2, 0.25) is 0 Å². The molecule has 0 radical (unpaired) electrons. The van der Waals surface area contributed by atoms with Crippen LogP contribution < -0.4 is 0 Å². The van der Waals surface area contributed by atoms with E-state index in [2.05, 4.69) is 0 Å². The monoisotopic (exact) mass is 342 g/mol. The Balaban J connectivity index is 2.30. The molecule has 4 nitrogen and oxygen atoms in total.